The Morgan fingerprint density at radius 1 is 1.09 bits per heavy atom. The molecule has 1 aromatic rings. The number of hydrogen-bond donors (Lipinski definition) is 1. The van der Waals surface area contributed by atoms with Gasteiger partial charge >= 0.3 is 18.0 Å². The number of alkyl halides is 2. The second-order valence-corrected chi connectivity index (χ2v) is 4.19. The van der Waals surface area contributed by atoms with Crippen LogP contribution in [0.5, 0.6) is 5.75 Å². The highest BCUT2D eigenvalue weighted by Crippen LogP contribution is 2.22. The molecule has 0 heterocycles. The van der Waals surface area contributed by atoms with Gasteiger partial charge in [0.1, 0.15) is 12.4 Å². The van der Waals surface area contributed by atoms with Crippen LogP contribution in [0, 0.1) is 0 Å². The normalized spacial score (nSPS) is 11.1. The van der Waals surface area contributed by atoms with Crippen LogP contribution in [0.15, 0.2) is 24.3 Å². The topological polar surface area (TPSA) is 91.3 Å². The number of esters is 1. The van der Waals surface area contributed by atoms with Gasteiger partial charge in [0.2, 0.25) is 0 Å². The molecule has 1 aromatic carbocycles. The summed E-state index contributed by atoms with van der Waals surface area (Å²) < 4.78 is 44.5. The van der Waals surface area contributed by atoms with E-state index in [4.69, 9.17) is 19.3 Å². The number of carbonyl (C=O) groups excluding carboxylic acids is 1. The molecule has 0 bridgehead atoms. The van der Waals surface area contributed by atoms with Crippen molar-refractivity contribution in [2.75, 3.05) is 33.5 Å². The summed E-state index contributed by atoms with van der Waals surface area (Å²) in [5.41, 5.74) is 0.105. The van der Waals surface area contributed by atoms with Crippen LogP contribution in [-0.4, -0.2) is 56.7 Å². The molecule has 128 valence electrons. The van der Waals surface area contributed by atoms with Crippen molar-refractivity contribution in [3.05, 3.63) is 29.8 Å². The van der Waals surface area contributed by atoms with Crippen LogP contribution in [-0.2, 0) is 19.0 Å². The monoisotopic (exact) mass is 334 g/mol. The highest BCUT2D eigenvalue weighted by atomic mass is 19.3. The lowest BCUT2D eigenvalue weighted by Crippen LogP contribution is -2.34. The van der Waals surface area contributed by atoms with Crippen molar-refractivity contribution in [2.45, 2.75) is 6.11 Å². The largest absolute Gasteiger partial charge is 0.501 e. The van der Waals surface area contributed by atoms with Crippen molar-refractivity contribution in [2.24, 2.45) is 0 Å². The highest BCUT2D eigenvalue weighted by Gasteiger charge is 2.42. The molecule has 0 aliphatic heterocycles. The van der Waals surface area contributed by atoms with E-state index in [0.29, 0.717) is 13.2 Å². The Morgan fingerprint density at radius 2 is 1.70 bits per heavy atom. The Bertz CT molecular complexity index is 516. The minimum absolute atomic E-state index is 0.0257. The van der Waals surface area contributed by atoms with E-state index in [0.717, 1.165) is 12.1 Å². The van der Waals surface area contributed by atoms with Gasteiger partial charge in [-0.2, -0.15) is 8.78 Å². The Hall–Kier alpha value is -2.26. The van der Waals surface area contributed by atoms with E-state index in [9.17, 15) is 18.4 Å². The third-order valence-electron chi connectivity index (χ3n) is 2.48. The van der Waals surface area contributed by atoms with Crippen LogP contribution in [0.4, 0.5) is 8.78 Å². The van der Waals surface area contributed by atoms with Crippen LogP contribution < -0.4 is 4.74 Å². The second kappa shape index (κ2) is 9.01. The molecule has 1 rings (SSSR count). The fourth-order valence-electron chi connectivity index (χ4n) is 1.37. The van der Waals surface area contributed by atoms with Gasteiger partial charge in [-0.3, -0.25) is 0 Å². The number of hydrogen-bond acceptors (Lipinski definition) is 6. The summed E-state index contributed by atoms with van der Waals surface area (Å²) in [6.07, 6.45) is -4.35. The molecule has 0 aliphatic carbocycles. The molecule has 0 radical (unpaired) electrons. The molecule has 0 spiro atoms. The van der Waals surface area contributed by atoms with Gasteiger partial charge in [-0.25, -0.2) is 9.59 Å². The number of carboxylic acid groups (broad SMARTS) is 1. The lowest BCUT2D eigenvalue weighted by Gasteiger charge is -2.13. The van der Waals surface area contributed by atoms with Crippen molar-refractivity contribution < 1.29 is 42.4 Å². The average molecular weight is 334 g/mol. The Labute approximate surface area is 130 Å². The summed E-state index contributed by atoms with van der Waals surface area (Å²) in [4.78, 5) is 21.9. The van der Waals surface area contributed by atoms with E-state index in [-0.39, 0.29) is 18.8 Å². The Balaban J connectivity index is 2.43. The molecule has 7 nitrogen and oxygen atoms in total. The SMILES string of the molecule is COCCOCCOC(=O)c1ccc(OC(F)(F)C(=O)O)cc1. The standard InChI is InChI=1S/C14H16F2O7/c1-20-6-7-21-8-9-22-12(17)10-2-4-11(5-3-10)23-14(15,16)13(18)19/h2-5H,6-9H2,1H3,(H,18,19). The van der Waals surface area contributed by atoms with Gasteiger partial charge in [0.25, 0.3) is 0 Å². The predicted octanol–water partition coefficient (Wildman–Crippen LogP) is 1.56. The van der Waals surface area contributed by atoms with Gasteiger partial charge in [0, 0.05) is 7.11 Å². The van der Waals surface area contributed by atoms with Gasteiger partial charge in [0.15, 0.2) is 0 Å². The summed E-state index contributed by atoms with van der Waals surface area (Å²) >= 11 is 0. The third kappa shape index (κ3) is 6.57. The first-order chi connectivity index (χ1) is 10.9. The van der Waals surface area contributed by atoms with Crippen molar-refractivity contribution in [1.82, 2.24) is 0 Å². The van der Waals surface area contributed by atoms with E-state index in [1.165, 1.54) is 19.2 Å². The van der Waals surface area contributed by atoms with Crippen molar-refractivity contribution in [3.8, 4) is 5.75 Å². The maximum absolute atomic E-state index is 12.8. The minimum atomic E-state index is -4.35. The maximum atomic E-state index is 12.8. The lowest BCUT2D eigenvalue weighted by atomic mass is 10.2. The molecule has 0 aromatic heterocycles. The van der Waals surface area contributed by atoms with Crippen LogP contribution >= 0.6 is 0 Å². The number of aliphatic carboxylic acids is 1. The number of carboxylic acids is 1. The zero-order chi connectivity index (χ0) is 17.3. The molecule has 0 unspecified atom stereocenters. The van der Waals surface area contributed by atoms with Gasteiger partial charge < -0.3 is 24.1 Å². The minimum Gasteiger partial charge on any atom is -0.474 e. The van der Waals surface area contributed by atoms with Crippen molar-refractivity contribution >= 4 is 11.9 Å². The molecule has 0 saturated carbocycles. The zero-order valence-corrected chi connectivity index (χ0v) is 12.3. The molecule has 0 saturated heterocycles. The first-order valence-corrected chi connectivity index (χ1v) is 6.51. The number of rotatable bonds is 10. The fourth-order valence-corrected chi connectivity index (χ4v) is 1.37. The summed E-state index contributed by atoms with van der Waals surface area (Å²) in [5.74, 6) is -3.47. The first-order valence-electron chi connectivity index (χ1n) is 6.51. The average Bonchev–Trinajstić information content (AvgIpc) is 2.50. The molecular weight excluding hydrogens is 318 g/mol. The fraction of sp³-hybridized carbons (Fsp3) is 0.429. The molecule has 0 aliphatic rings. The van der Waals surface area contributed by atoms with Crippen LogP contribution in [0.25, 0.3) is 0 Å². The second-order valence-electron chi connectivity index (χ2n) is 4.19. The van der Waals surface area contributed by atoms with Crippen molar-refractivity contribution in [1.29, 1.82) is 0 Å². The molecule has 0 atom stereocenters. The number of carbonyl (C=O) groups is 2. The van der Waals surface area contributed by atoms with Crippen LogP contribution in [0.1, 0.15) is 10.4 Å². The van der Waals surface area contributed by atoms with Gasteiger partial charge in [-0.15, -0.1) is 0 Å². The molecular formula is C14H16F2O7. The van der Waals surface area contributed by atoms with Gasteiger partial charge in [-0.1, -0.05) is 0 Å². The molecule has 9 heteroatoms. The Kier molecular flexibility index (Phi) is 7.36. The molecule has 1 N–H and O–H groups in total. The van der Waals surface area contributed by atoms with E-state index >= 15 is 0 Å². The zero-order valence-electron chi connectivity index (χ0n) is 12.3. The van der Waals surface area contributed by atoms with E-state index in [1.807, 2.05) is 0 Å². The summed E-state index contributed by atoms with van der Waals surface area (Å²) in [5, 5.41) is 8.25. The molecule has 0 amide bonds. The molecule has 23 heavy (non-hydrogen) atoms. The summed E-state index contributed by atoms with van der Waals surface area (Å²) in [6, 6.07) is 4.45. The predicted molar refractivity (Wildman–Crippen MR) is 72.6 cm³/mol. The van der Waals surface area contributed by atoms with E-state index in [2.05, 4.69) is 4.74 Å². The molecule has 0 fully saturated rings. The van der Waals surface area contributed by atoms with Crippen molar-refractivity contribution in [3.63, 3.8) is 0 Å². The number of halogens is 2. The Morgan fingerprint density at radius 3 is 2.26 bits per heavy atom. The van der Waals surface area contributed by atoms with E-state index in [1.54, 1.807) is 0 Å². The summed E-state index contributed by atoms with van der Waals surface area (Å²) in [6.45, 7) is 1.02. The lowest BCUT2D eigenvalue weighted by molar-refractivity contribution is -0.210. The van der Waals surface area contributed by atoms with E-state index < -0.39 is 23.8 Å². The van der Waals surface area contributed by atoms with Gasteiger partial charge in [-0.05, 0) is 24.3 Å². The third-order valence-corrected chi connectivity index (χ3v) is 2.48. The maximum Gasteiger partial charge on any atom is 0.501 e. The number of ether oxygens (including phenoxy) is 4. The number of methoxy groups -OCH3 is 1. The van der Waals surface area contributed by atoms with Crippen LogP contribution in [0.2, 0.25) is 0 Å². The highest BCUT2D eigenvalue weighted by molar-refractivity contribution is 5.89. The van der Waals surface area contributed by atoms with Crippen LogP contribution in [0.3, 0.4) is 0 Å². The first kappa shape index (κ1) is 18.8. The summed E-state index contributed by atoms with van der Waals surface area (Å²) in [7, 11) is 1.53. The quantitative estimate of drug-likeness (QED) is 0.513. The smallest absolute Gasteiger partial charge is 0.474 e. The number of benzene rings is 1. The van der Waals surface area contributed by atoms with Gasteiger partial charge in [0.05, 0.1) is 25.4 Å².